The standard InChI is InChI=1S/C17H27NO2/c1-17(20-16(19)18-5-3-2-4-6-18)14-8-12-7-13(10-14)11-15(17)9-12/h12-15H,2-11H2,1H3. The normalized spacial score (nSPS) is 46.5. The summed E-state index contributed by atoms with van der Waals surface area (Å²) in [5, 5.41) is 0. The van der Waals surface area contributed by atoms with E-state index < -0.39 is 0 Å². The van der Waals surface area contributed by atoms with Gasteiger partial charge in [-0.2, -0.15) is 0 Å². The van der Waals surface area contributed by atoms with Gasteiger partial charge >= 0.3 is 6.09 Å². The van der Waals surface area contributed by atoms with E-state index in [2.05, 4.69) is 6.92 Å². The lowest BCUT2D eigenvalue weighted by molar-refractivity contribution is -0.167. The highest BCUT2D eigenvalue weighted by Crippen LogP contribution is 2.59. The summed E-state index contributed by atoms with van der Waals surface area (Å²) in [5.41, 5.74) is -0.165. The smallest absolute Gasteiger partial charge is 0.410 e. The molecule has 0 unspecified atom stereocenters. The second-order valence-corrected chi connectivity index (χ2v) is 7.90. The molecule has 5 aliphatic rings. The van der Waals surface area contributed by atoms with Crippen molar-refractivity contribution in [2.45, 2.75) is 63.9 Å². The Labute approximate surface area is 122 Å². The van der Waals surface area contributed by atoms with Crippen molar-refractivity contribution in [2.75, 3.05) is 13.1 Å². The predicted molar refractivity (Wildman–Crippen MR) is 77.4 cm³/mol. The lowest BCUT2D eigenvalue weighted by Crippen LogP contribution is -2.59. The van der Waals surface area contributed by atoms with E-state index >= 15 is 0 Å². The van der Waals surface area contributed by atoms with Gasteiger partial charge in [0.05, 0.1) is 0 Å². The molecule has 3 nitrogen and oxygen atoms in total. The first-order valence-corrected chi connectivity index (χ1v) is 8.63. The highest BCUT2D eigenvalue weighted by Gasteiger charge is 2.57. The monoisotopic (exact) mass is 277 g/mol. The number of amides is 1. The van der Waals surface area contributed by atoms with E-state index in [1.165, 1.54) is 38.5 Å². The Kier molecular flexibility index (Phi) is 3.01. The Bertz CT molecular complexity index is 372. The first kappa shape index (κ1) is 13.0. The number of carbonyl (C=O) groups is 1. The molecule has 0 aromatic carbocycles. The minimum Gasteiger partial charge on any atom is -0.443 e. The molecule has 0 spiro atoms. The number of nitrogens with zero attached hydrogens (tertiary/aromatic N) is 1. The number of hydrogen-bond acceptors (Lipinski definition) is 2. The average Bonchev–Trinajstić information content (AvgIpc) is 2.45. The predicted octanol–water partition coefficient (Wildman–Crippen LogP) is 3.82. The summed E-state index contributed by atoms with van der Waals surface area (Å²) < 4.78 is 6.14. The van der Waals surface area contributed by atoms with Gasteiger partial charge in [-0.15, -0.1) is 0 Å². The van der Waals surface area contributed by atoms with E-state index in [0.717, 1.165) is 37.8 Å². The molecule has 1 aliphatic heterocycles. The van der Waals surface area contributed by atoms with Crippen molar-refractivity contribution in [1.29, 1.82) is 0 Å². The summed E-state index contributed by atoms with van der Waals surface area (Å²) in [5.74, 6) is 3.12. The first-order chi connectivity index (χ1) is 9.65. The van der Waals surface area contributed by atoms with Gasteiger partial charge < -0.3 is 9.64 Å². The zero-order chi connectivity index (χ0) is 13.7. The molecule has 0 radical (unpaired) electrons. The first-order valence-electron chi connectivity index (χ1n) is 8.63. The van der Waals surface area contributed by atoms with Crippen molar-refractivity contribution in [3.63, 3.8) is 0 Å². The number of ether oxygens (including phenoxy) is 1. The van der Waals surface area contributed by atoms with E-state index in [-0.39, 0.29) is 11.7 Å². The average molecular weight is 277 g/mol. The Morgan fingerprint density at radius 3 is 2.05 bits per heavy atom. The molecule has 3 heteroatoms. The van der Waals surface area contributed by atoms with Gasteiger partial charge in [-0.3, -0.25) is 0 Å². The molecule has 4 bridgehead atoms. The molecular weight excluding hydrogens is 250 g/mol. The highest BCUT2D eigenvalue weighted by molar-refractivity contribution is 5.68. The van der Waals surface area contributed by atoms with E-state index in [1.54, 1.807) is 0 Å². The van der Waals surface area contributed by atoms with Crippen LogP contribution in [0.25, 0.3) is 0 Å². The maximum Gasteiger partial charge on any atom is 0.410 e. The Hall–Kier alpha value is -0.730. The number of carbonyl (C=O) groups excluding carboxylic acids is 1. The van der Waals surface area contributed by atoms with E-state index in [4.69, 9.17) is 4.74 Å². The van der Waals surface area contributed by atoms with E-state index in [0.29, 0.717) is 11.8 Å². The van der Waals surface area contributed by atoms with Crippen molar-refractivity contribution in [2.24, 2.45) is 23.7 Å². The van der Waals surface area contributed by atoms with Gasteiger partial charge in [0.1, 0.15) is 5.60 Å². The third kappa shape index (κ3) is 1.96. The molecular formula is C17H27NO2. The summed E-state index contributed by atoms with van der Waals surface area (Å²) in [4.78, 5) is 14.4. The topological polar surface area (TPSA) is 29.5 Å². The summed E-state index contributed by atoms with van der Waals surface area (Å²) in [6.45, 7) is 4.03. The van der Waals surface area contributed by atoms with Crippen LogP contribution in [0.1, 0.15) is 58.3 Å². The van der Waals surface area contributed by atoms with Crippen LogP contribution in [0.5, 0.6) is 0 Å². The molecule has 20 heavy (non-hydrogen) atoms. The third-order valence-corrected chi connectivity index (χ3v) is 6.68. The SMILES string of the molecule is CC1(OC(=O)N2CCCCC2)C2CC3CC(C2)CC1C3. The van der Waals surface area contributed by atoms with Crippen LogP contribution in [0.3, 0.4) is 0 Å². The zero-order valence-corrected chi connectivity index (χ0v) is 12.6. The van der Waals surface area contributed by atoms with Crippen LogP contribution in [0.15, 0.2) is 0 Å². The van der Waals surface area contributed by atoms with Crippen LogP contribution >= 0.6 is 0 Å². The second-order valence-electron chi connectivity index (χ2n) is 7.90. The van der Waals surface area contributed by atoms with Gasteiger partial charge in [0.15, 0.2) is 0 Å². The summed E-state index contributed by atoms with van der Waals surface area (Å²) >= 11 is 0. The number of hydrogen-bond donors (Lipinski definition) is 0. The number of rotatable bonds is 1. The highest BCUT2D eigenvalue weighted by atomic mass is 16.6. The van der Waals surface area contributed by atoms with Gasteiger partial charge in [0.2, 0.25) is 0 Å². The maximum absolute atomic E-state index is 12.5. The van der Waals surface area contributed by atoms with Crippen LogP contribution in [-0.2, 0) is 4.74 Å². The van der Waals surface area contributed by atoms with Crippen LogP contribution in [0, 0.1) is 23.7 Å². The molecule has 0 aromatic rings. The zero-order valence-electron chi connectivity index (χ0n) is 12.6. The molecule has 5 fully saturated rings. The summed E-state index contributed by atoms with van der Waals surface area (Å²) in [6, 6.07) is 0. The van der Waals surface area contributed by atoms with E-state index in [1.807, 2.05) is 4.90 Å². The lowest BCUT2D eigenvalue weighted by atomic mass is 9.50. The number of likely N-dealkylation sites (tertiary alicyclic amines) is 1. The number of piperidine rings is 1. The Balaban J connectivity index is 1.48. The van der Waals surface area contributed by atoms with Crippen LogP contribution in [-0.4, -0.2) is 29.7 Å². The lowest BCUT2D eigenvalue weighted by Gasteiger charge is -2.59. The fraction of sp³-hybridized carbons (Fsp3) is 0.941. The molecule has 4 saturated carbocycles. The van der Waals surface area contributed by atoms with Crippen LogP contribution in [0.4, 0.5) is 4.79 Å². The largest absolute Gasteiger partial charge is 0.443 e. The van der Waals surface area contributed by atoms with Crippen molar-refractivity contribution >= 4 is 6.09 Å². The molecule has 112 valence electrons. The van der Waals surface area contributed by atoms with Crippen molar-refractivity contribution in [3.05, 3.63) is 0 Å². The quantitative estimate of drug-likeness (QED) is 0.729. The fourth-order valence-corrected chi connectivity index (χ4v) is 5.62. The van der Waals surface area contributed by atoms with Crippen molar-refractivity contribution < 1.29 is 9.53 Å². The summed E-state index contributed by atoms with van der Waals surface area (Å²) in [6.07, 6.45) is 10.2. The van der Waals surface area contributed by atoms with Crippen molar-refractivity contribution in [1.82, 2.24) is 4.90 Å². The second kappa shape index (κ2) is 4.64. The molecule has 1 saturated heterocycles. The molecule has 1 amide bonds. The molecule has 0 atom stereocenters. The minimum atomic E-state index is -0.165. The van der Waals surface area contributed by atoms with Gasteiger partial charge in [0.25, 0.3) is 0 Å². The molecule has 0 aromatic heterocycles. The fourth-order valence-electron chi connectivity index (χ4n) is 5.62. The maximum atomic E-state index is 12.5. The van der Waals surface area contributed by atoms with Crippen molar-refractivity contribution in [3.8, 4) is 0 Å². The molecule has 1 heterocycles. The Morgan fingerprint density at radius 1 is 0.950 bits per heavy atom. The molecule has 4 aliphatic carbocycles. The van der Waals surface area contributed by atoms with Gasteiger partial charge in [-0.05, 0) is 82.0 Å². The van der Waals surface area contributed by atoms with E-state index in [9.17, 15) is 4.79 Å². The van der Waals surface area contributed by atoms with Crippen LogP contribution in [0.2, 0.25) is 0 Å². The summed E-state index contributed by atoms with van der Waals surface area (Å²) in [7, 11) is 0. The van der Waals surface area contributed by atoms with Gasteiger partial charge in [-0.25, -0.2) is 4.79 Å². The minimum absolute atomic E-state index is 0.0281. The van der Waals surface area contributed by atoms with Gasteiger partial charge in [-0.1, -0.05) is 0 Å². The molecule has 0 N–H and O–H groups in total. The molecule has 5 rings (SSSR count). The third-order valence-electron chi connectivity index (χ3n) is 6.68. The van der Waals surface area contributed by atoms with Gasteiger partial charge in [0, 0.05) is 13.1 Å². The Morgan fingerprint density at radius 2 is 1.50 bits per heavy atom. The van der Waals surface area contributed by atoms with Crippen LogP contribution < -0.4 is 0 Å².